The van der Waals surface area contributed by atoms with Crippen molar-refractivity contribution in [2.24, 2.45) is 11.7 Å². The molecular formula is C11H22N2O4S2. The number of hydrogen-bond acceptors (Lipinski definition) is 5. The van der Waals surface area contributed by atoms with Crippen molar-refractivity contribution in [3.8, 4) is 0 Å². The van der Waals surface area contributed by atoms with E-state index in [1.165, 1.54) is 4.31 Å². The van der Waals surface area contributed by atoms with Crippen LogP contribution < -0.4 is 5.73 Å². The SMILES string of the molecule is NCCC1CCCN(S(=O)(=O)C2CCS(=O)(=O)C2)C1. The first-order valence-corrected chi connectivity index (χ1v) is 10.1. The summed E-state index contributed by atoms with van der Waals surface area (Å²) in [5.41, 5.74) is 5.52. The van der Waals surface area contributed by atoms with E-state index in [1.54, 1.807) is 0 Å². The largest absolute Gasteiger partial charge is 0.330 e. The summed E-state index contributed by atoms with van der Waals surface area (Å²) in [4.78, 5) is 0. The van der Waals surface area contributed by atoms with Gasteiger partial charge in [-0.25, -0.2) is 21.1 Å². The lowest BCUT2D eigenvalue weighted by Crippen LogP contribution is -2.45. The fraction of sp³-hybridized carbons (Fsp3) is 1.00. The fourth-order valence-electron chi connectivity index (χ4n) is 2.94. The van der Waals surface area contributed by atoms with E-state index in [0.29, 0.717) is 25.6 Å². The van der Waals surface area contributed by atoms with Crippen molar-refractivity contribution in [3.63, 3.8) is 0 Å². The molecule has 19 heavy (non-hydrogen) atoms. The molecule has 8 heteroatoms. The van der Waals surface area contributed by atoms with E-state index in [1.807, 2.05) is 0 Å². The molecule has 2 fully saturated rings. The van der Waals surface area contributed by atoms with Crippen LogP contribution >= 0.6 is 0 Å². The molecule has 0 saturated carbocycles. The Bertz CT molecular complexity index is 513. The van der Waals surface area contributed by atoms with E-state index in [2.05, 4.69) is 0 Å². The molecular weight excluding hydrogens is 288 g/mol. The maximum absolute atomic E-state index is 12.5. The van der Waals surface area contributed by atoms with Gasteiger partial charge in [0, 0.05) is 13.1 Å². The molecule has 0 aromatic rings. The summed E-state index contributed by atoms with van der Waals surface area (Å²) in [6, 6.07) is 0. The van der Waals surface area contributed by atoms with Gasteiger partial charge in [0.25, 0.3) is 0 Å². The quantitative estimate of drug-likeness (QED) is 0.759. The molecule has 0 aliphatic carbocycles. The van der Waals surface area contributed by atoms with E-state index in [9.17, 15) is 16.8 Å². The van der Waals surface area contributed by atoms with E-state index in [0.717, 1.165) is 19.3 Å². The third kappa shape index (κ3) is 3.48. The van der Waals surface area contributed by atoms with Crippen LogP contribution in [0.4, 0.5) is 0 Å². The van der Waals surface area contributed by atoms with Crippen molar-refractivity contribution >= 4 is 19.9 Å². The Labute approximate surface area is 115 Å². The topological polar surface area (TPSA) is 97.5 Å². The fourth-order valence-corrected chi connectivity index (χ4v) is 7.58. The number of nitrogens with zero attached hydrogens (tertiary/aromatic N) is 1. The predicted molar refractivity (Wildman–Crippen MR) is 73.9 cm³/mol. The average molecular weight is 310 g/mol. The normalized spacial score (nSPS) is 32.5. The highest BCUT2D eigenvalue weighted by atomic mass is 32.2. The average Bonchev–Trinajstić information content (AvgIpc) is 2.71. The molecule has 2 N–H and O–H groups in total. The Morgan fingerprint density at radius 3 is 2.58 bits per heavy atom. The van der Waals surface area contributed by atoms with Gasteiger partial charge in [0.1, 0.15) is 0 Å². The zero-order chi connectivity index (χ0) is 14.1. The van der Waals surface area contributed by atoms with Crippen molar-refractivity contribution in [2.45, 2.75) is 30.9 Å². The van der Waals surface area contributed by atoms with E-state index >= 15 is 0 Å². The van der Waals surface area contributed by atoms with Gasteiger partial charge < -0.3 is 5.73 Å². The maximum atomic E-state index is 12.5. The third-order valence-corrected chi connectivity index (χ3v) is 8.30. The molecule has 2 heterocycles. The number of sulfonamides is 1. The molecule has 2 aliphatic rings. The lowest BCUT2D eigenvalue weighted by molar-refractivity contribution is 0.256. The van der Waals surface area contributed by atoms with Crippen molar-refractivity contribution in [2.75, 3.05) is 31.1 Å². The summed E-state index contributed by atoms with van der Waals surface area (Å²) in [6.45, 7) is 1.58. The lowest BCUT2D eigenvalue weighted by atomic mass is 9.96. The number of nitrogens with two attached hydrogens (primary N) is 1. The van der Waals surface area contributed by atoms with E-state index in [4.69, 9.17) is 5.73 Å². The first kappa shape index (κ1) is 15.2. The number of hydrogen-bond donors (Lipinski definition) is 1. The second kappa shape index (κ2) is 5.67. The molecule has 6 nitrogen and oxygen atoms in total. The standard InChI is InChI=1S/C11H22N2O4S2/c12-5-3-10-2-1-6-13(8-10)19(16,17)11-4-7-18(14,15)9-11/h10-11H,1-9,12H2. The summed E-state index contributed by atoms with van der Waals surface area (Å²) in [6.07, 6.45) is 2.91. The highest BCUT2D eigenvalue weighted by Crippen LogP contribution is 2.27. The van der Waals surface area contributed by atoms with Crippen LogP contribution in [-0.2, 0) is 19.9 Å². The number of piperidine rings is 1. The Hall–Kier alpha value is -0.180. The Balaban J connectivity index is 2.07. The number of sulfone groups is 1. The molecule has 2 aliphatic heterocycles. The van der Waals surface area contributed by atoms with E-state index < -0.39 is 25.1 Å². The van der Waals surface area contributed by atoms with Gasteiger partial charge in [-0.15, -0.1) is 0 Å². The van der Waals surface area contributed by atoms with Gasteiger partial charge in [-0.2, -0.15) is 0 Å². The van der Waals surface area contributed by atoms with E-state index in [-0.39, 0.29) is 17.9 Å². The van der Waals surface area contributed by atoms with Crippen molar-refractivity contribution in [3.05, 3.63) is 0 Å². The molecule has 0 aromatic heterocycles. The van der Waals surface area contributed by atoms with Crippen LogP contribution in [0.1, 0.15) is 25.7 Å². The molecule has 0 radical (unpaired) electrons. The minimum absolute atomic E-state index is 0.00301. The summed E-state index contributed by atoms with van der Waals surface area (Å²) in [7, 11) is -6.64. The zero-order valence-corrected chi connectivity index (χ0v) is 12.6. The van der Waals surface area contributed by atoms with Gasteiger partial charge >= 0.3 is 0 Å². The Morgan fingerprint density at radius 1 is 1.26 bits per heavy atom. The first-order valence-electron chi connectivity index (χ1n) is 6.74. The second-order valence-electron chi connectivity index (χ2n) is 5.51. The highest BCUT2D eigenvalue weighted by Gasteiger charge is 2.41. The molecule has 112 valence electrons. The lowest BCUT2D eigenvalue weighted by Gasteiger charge is -2.33. The molecule has 0 amide bonds. The molecule has 0 aromatic carbocycles. The van der Waals surface area contributed by atoms with Gasteiger partial charge in [-0.05, 0) is 38.1 Å². The van der Waals surface area contributed by atoms with Crippen LogP contribution in [0.5, 0.6) is 0 Å². The Morgan fingerprint density at radius 2 is 2.00 bits per heavy atom. The highest BCUT2D eigenvalue weighted by molar-refractivity contribution is 7.95. The van der Waals surface area contributed by atoms with Crippen molar-refractivity contribution in [1.82, 2.24) is 4.31 Å². The van der Waals surface area contributed by atoms with Crippen LogP contribution in [0.2, 0.25) is 0 Å². The molecule has 2 unspecified atom stereocenters. The first-order chi connectivity index (χ1) is 8.85. The van der Waals surface area contributed by atoms with Crippen molar-refractivity contribution < 1.29 is 16.8 Å². The summed E-state index contributed by atoms with van der Waals surface area (Å²) >= 11 is 0. The smallest absolute Gasteiger partial charge is 0.218 e. The minimum Gasteiger partial charge on any atom is -0.330 e. The van der Waals surface area contributed by atoms with Gasteiger partial charge in [0.15, 0.2) is 9.84 Å². The van der Waals surface area contributed by atoms with Gasteiger partial charge in [0.05, 0.1) is 16.8 Å². The second-order valence-corrected chi connectivity index (χ2v) is 9.96. The van der Waals surface area contributed by atoms with Gasteiger partial charge in [-0.3, -0.25) is 0 Å². The van der Waals surface area contributed by atoms with Gasteiger partial charge in [0.2, 0.25) is 10.0 Å². The molecule has 2 saturated heterocycles. The molecule has 2 rings (SSSR count). The summed E-state index contributed by atoms with van der Waals surface area (Å²) in [5.74, 6) is 0.0937. The molecule has 2 atom stereocenters. The molecule has 0 spiro atoms. The van der Waals surface area contributed by atoms with Crippen LogP contribution in [0.25, 0.3) is 0 Å². The summed E-state index contributed by atoms with van der Waals surface area (Å²) < 4.78 is 49.3. The maximum Gasteiger partial charge on any atom is 0.218 e. The minimum atomic E-state index is -3.47. The Kier molecular flexibility index (Phi) is 4.54. The van der Waals surface area contributed by atoms with Crippen LogP contribution in [0.3, 0.4) is 0 Å². The van der Waals surface area contributed by atoms with Gasteiger partial charge in [-0.1, -0.05) is 0 Å². The predicted octanol–water partition coefficient (Wildman–Crippen LogP) is -0.436. The zero-order valence-electron chi connectivity index (χ0n) is 11.0. The summed E-state index contributed by atoms with van der Waals surface area (Å²) in [5, 5.41) is -0.742. The van der Waals surface area contributed by atoms with Crippen LogP contribution in [0.15, 0.2) is 0 Å². The van der Waals surface area contributed by atoms with Crippen molar-refractivity contribution in [1.29, 1.82) is 0 Å². The van der Waals surface area contributed by atoms with Crippen LogP contribution in [0, 0.1) is 5.92 Å². The van der Waals surface area contributed by atoms with Crippen LogP contribution in [-0.4, -0.2) is 57.5 Å². The monoisotopic (exact) mass is 310 g/mol. The number of rotatable bonds is 4. The molecule has 0 bridgehead atoms. The third-order valence-electron chi connectivity index (χ3n) is 4.03.